The molecule has 0 aromatic carbocycles. The summed E-state index contributed by atoms with van der Waals surface area (Å²) in [5, 5.41) is 6.35. The van der Waals surface area contributed by atoms with Crippen LogP contribution in [0.5, 0.6) is 0 Å². The van der Waals surface area contributed by atoms with Crippen molar-refractivity contribution in [3.05, 3.63) is 0 Å². The summed E-state index contributed by atoms with van der Waals surface area (Å²) in [6, 6.07) is 0.247. The van der Waals surface area contributed by atoms with E-state index in [0.717, 1.165) is 19.4 Å². The Bertz CT molecular complexity index is 214. The van der Waals surface area contributed by atoms with E-state index in [1.165, 1.54) is 6.42 Å². The molecular formula is C12H24N2O. The minimum absolute atomic E-state index is 0.0311. The highest BCUT2D eigenvalue weighted by Crippen LogP contribution is 2.19. The van der Waals surface area contributed by atoms with Gasteiger partial charge in [0.05, 0.1) is 6.04 Å². The summed E-state index contributed by atoms with van der Waals surface area (Å²) in [5.41, 5.74) is 0.129. The third-order valence-electron chi connectivity index (χ3n) is 3.28. The topological polar surface area (TPSA) is 41.1 Å². The van der Waals surface area contributed by atoms with Gasteiger partial charge in [-0.2, -0.15) is 0 Å². The number of piperidine rings is 1. The molecule has 0 radical (unpaired) electrons. The Morgan fingerprint density at radius 2 is 2.07 bits per heavy atom. The average Bonchev–Trinajstić information content (AvgIpc) is 2.17. The van der Waals surface area contributed by atoms with Crippen LogP contribution < -0.4 is 10.6 Å². The molecule has 1 saturated heterocycles. The molecule has 2 N–H and O–H groups in total. The van der Waals surface area contributed by atoms with Crippen molar-refractivity contribution in [2.45, 2.75) is 59.0 Å². The summed E-state index contributed by atoms with van der Waals surface area (Å²) in [7, 11) is 0. The Hall–Kier alpha value is -0.570. The molecule has 1 rings (SSSR count). The van der Waals surface area contributed by atoms with Crippen LogP contribution in [0.2, 0.25) is 0 Å². The molecule has 0 spiro atoms. The Labute approximate surface area is 93.0 Å². The molecule has 3 heteroatoms. The molecule has 1 aliphatic heterocycles. The first kappa shape index (κ1) is 12.5. The fraction of sp³-hybridized carbons (Fsp3) is 0.917. The highest BCUT2D eigenvalue weighted by atomic mass is 16.2. The Morgan fingerprint density at radius 3 is 2.53 bits per heavy atom. The highest BCUT2D eigenvalue weighted by Gasteiger charge is 2.26. The van der Waals surface area contributed by atoms with E-state index < -0.39 is 0 Å². The summed E-state index contributed by atoms with van der Waals surface area (Å²) in [6.45, 7) is 9.48. The van der Waals surface area contributed by atoms with Crippen LogP contribution in [0.3, 0.4) is 0 Å². The maximum atomic E-state index is 11.9. The second kappa shape index (κ2) is 4.97. The second-order valence-corrected chi connectivity index (χ2v) is 5.60. The molecule has 1 heterocycles. The van der Waals surface area contributed by atoms with E-state index >= 15 is 0 Å². The molecule has 3 nitrogen and oxygen atoms in total. The van der Waals surface area contributed by atoms with Gasteiger partial charge in [-0.05, 0) is 31.7 Å². The number of carbonyl (C=O) groups is 1. The number of hydrogen-bond acceptors (Lipinski definition) is 2. The van der Waals surface area contributed by atoms with E-state index in [9.17, 15) is 4.79 Å². The summed E-state index contributed by atoms with van der Waals surface area (Å²) < 4.78 is 0. The van der Waals surface area contributed by atoms with Crippen molar-refractivity contribution in [1.82, 2.24) is 10.6 Å². The fourth-order valence-corrected chi connectivity index (χ4v) is 1.61. The lowest BCUT2D eigenvalue weighted by molar-refractivity contribution is -0.125. The maximum Gasteiger partial charge on any atom is 0.237 e. The lowest BCUT2D eigenvalue weighted by Gasteiger charge is -2.31. The fourth-order valence-electron chi connectivity index (χ4n) is 1.61. The van der Waals surface area contributed by atoms with Crippen LogP contribution >= 0.6 is 0 Å². The minimum Gasteiger partial charge on any atom is -0.352 e. The smallest absolute Gasteiger partial charge is 0.237 e. The molecule has 1 aliphatic rings. The van der Waals surface area contributed by atoms with Gasteiger partial charge in [0.15, 0.2) is 0 Å². The van der Waals surface area contributed by atoms with Crippen molar-refractivity contribution >= 4 is 5.91 Å². The largest absolute Gasteiger partial charge is 0.352 e. The maximum absolute atomic E-state index is 11.9. The number of carbonyl (C=O) groups excluding carboxylic acids is 1. The standard InChI is InChI=1S/C12H24N2O/c1-9(12(2,3)4)14-11(15)10-7-5-6-8-13-10/h9-10,13H,5-8H2,1-4H3,(H,14,15)/t9?,10-/m0/s1. The summed E-state index contributed by atoms with van der Waals surface area (Å²) in [5.74, 6) is 0.164. The summed E-state index contributed by atoms with van der Waals surface area (Å²) >= 11 is 0. The Kier molecular flexibility index (Phi) is 4.14. The van der Waals surface area contributed by atoms with Crippen LogP contribution in [0.4, 0.5) is 0 Å². The van der Waals surface area contributed by atoms with E-state index in [1.54, 1.807) is 0 Å². The zero-order valence-electron chi connectivity index (χ0n) is 10.4. The third kappa shape index (κ3) is 3.82. The summed E-state index contributed by atoms with van der Waals surface area (Å²) in [6.07, 6.45) is 3.33. The van der Waals surface area contributed by atoms with Crippen LogP contribution in [0.15, 0.2) is 0 Å². The molecule has 1 fully saturated rings. The number of nitrogens with one attached hydrogen (secondary N) is 2. The van der Waals surface area contributed by atoms with Crippen molar-refractivity contribution in [2.75, 3.05) is 6.54 Å². The van der Waals surface area contributed by atoms with E-state index in [0.29, 0.717) is 0 Å². The van der Waals surface area contributed by atoms with Gasteiger partial charge in [-0.3, -0.25) is 4.79 Å². The van der Waals surface area contributed by atoms with Crippen molar-refractivity contribution in [3.8, 4) is 0 Å². The molecule has 1 unspecified atom stereocenters. The monoisotopic (exact) mass is 212 g/mol. The predicted octanol–water partition coefficient (Wildman–Crippen LogP) is 1.68. The van der Waals surface area contributed by atoms with Gasteiger partial charge in [0.25, 0.3) is 0 Å². The molecule has 0 bridgehead atoms. The Balaban J connectivity index is 2.40. The predicted molar refractivity (Wildman–Crippen MR) is 62.7 cm³/mol. The Morgan fingerprint density at radius 1 is 1.40 bits per heavy atom. The van der Waals surface area contributed by atoms with E-state index in [2.05, 4.69) is 38.3 Å². The number of rotatable bonds is 2. The quantitative estimate of drug-likeness (QED) is 0.731. The first-order chi connectivity index (χ1) is 6.91. The minimum atomic E-state index is 0.0311. The lowest BCUT2D eigenvalue weighted by atomic mass is 9.88. The van der Waals surface area contributed by atoms with Gasteiger partial charge in [0.2, 0.25) is 5.91 Å². The van der Waals surface area contributed by atoms with Gasteiger partial charge >= 0.3 is 0 Å². The molecule has 1 amide bonds. The molecule has 0 saturated carbocycles. The molecular weight excluding hydrogens is 188 g/mol. The van der Waals surface area contributed by atoms with Crippen molar-refractivity contribution < 1.29 is 4.79 Å². The van der Waals surface area contributed by atoms with E-state index in [4.69, 9.17) is 0 Å². The molecule has 0 aliphatic carbocycles. The van der Waals surface area contributed by atoms with Gasteiger partial charge in [-0.15, -0.1) is 0 Å². The third-order valence-corrected chi connectivity index (χ3v) is 3.28. The van der Waals surface area contributed by atoms with Crippen LogP contribution in [0, 0.1) is 5.41 Å². The molecule has 2 atom stereocenters. The zero-order chi connectivity index (χ0) is 11.5. The molecule has 15 heavy (non-hydrogen) atoms. The van der Waals surface area contributed by atoms with Crippen LogP contribution in [-0.2, 0) is 4.79 Å². The van der Waals surface area contributed by atoms with Crippen LogP contribution in [0.1, 0.15) is 47.0 Å². The zero-order valence-corrected chi connectivity index (χ0v) is 10.4. The lowest BCUT2D eigenvalue weighted by Crippen LogP contribution is -2.51. The normalized spacial score (nSPS) is 24.7. The second-order valence-electron chi connectivity index (χ2n) is 5.60. The SMILES string of the molecule is CC(NC(=O)[C@@H]1CCCCN1)C(C)(C)C. The van der Waals surface area contributed by atoms with Crippen molar-refractivity contribution in [2.24, 2.45) is 5.41 Å². The van der Waals surface area contributed by atoms with Gasteiger partial charge in [-0.1, -0.05) is 27.2 Å². The van der Waals surface area contributed by atoms with Gasteiger partial charge in [-0.25, -0.2) is 0 Å². The number of amides is 1. The van der Waals surface area contributed by atoms with Crippen LogP contribution in [0.25, 0.3) is 0 Å². The highest BCUT2D eigenvalue weighted by molar-refractivity contribution is 5.82. The summed E-state index contributed by atoms with van der Waals surface area (Å²) in [4.78, 5) is 11.9. The van der Waals surface area contributed by atoms with Gasteiger partial charge in [0, 0.05) is 6.04 Å². The van der Waals surface area contributed by atoms with Gasteiger partial charge in [0.1, 0.15) is 0 Å². The van der Waals surface area contributed by atoms with Gasteiger partial charge < -0.3 is 10.6 Å². The first-order valence-corrected chi connectivity index (χ1v) is 5.95. The molecule has 88 valence electrons. The molecule has 0 aromatic heterocycles. The van der Waals surface area contributed by atoms with E-state index in [-0.39, 0.29) is 23.4 Å². The molecule has 0 aromatic rings. The van der Waals surface area contributed by atoms with E-state index in [1.807, 2.05) is 0 Å². The average molecular weight is 212 g/mol. The first-order valence-electron chi connectivity index (χ1n) is 5.95. The van der Waals surface area contributed by atoms with Crippen molar-refractivity contribution in [1.29, 1.82) is 0 Å². The van der Waals surface area contributed by atoms with Crippen molar-refractivity contribution in [3.63, 3.8) is 0 Å². The van der Waals surface area contributed by atoms with Crippen LogP contribution in [-0.4, -0.2) is 24.5 Å². The number of hydrogen-bond donors (Lipinski definition) is 2.